The van der Waals surface area contributed by atoms with E-state index in [0.29, 0.717) is 11.3 Å². The van der Waals surface area contributed by atoms with Crippen LogP contribution in [0.3, 0.4) is 0 Å². The number of benzene rings is 2. The van der Waals surface area contributed by atoms with Gasteiger partial charge in [0, 0.05) is 17.6 Å². The smallest absolute Gasteiger partial charge is 0.268 e. The van der Waals surface area contributed by atoms with E-state index in [1.54, 1.807) is 36.5 Å². The topological polar surface area (TPSA) is 48.3 Å². The number of fused-ring (bicyclic) bond motifs is 1. The molecule has 24 heavy (non-hydrogen) atoms. The van der Waals surface area contributed by atoms with Crippen LogP contribution >= 0.6 is 0 Å². The second kappa shape index (κ2) is 9.13. The molecule has 0 unspecified atom stereocenters. The van der Waals surface area contributed by atoms with Gasteiger partial charge in [0.25, 0.3) is 10.0 Å². The summed E-state index contributed by atoms with van der Waals surface area (Å²) in [6, 6.07) is 15.6. The average molecular weight is 347 g/mol. The van der Waals surface area contributed by atoms with Gasteiger partial charge >= 0.3 is 0 Å². The van der Waals surface area contributed by atoms with Crippen molar-refractivity contribution in [3.63, 3.8) is 0 Å². The predicted molar refractivity (Wildman–Crippen MR) is 100 cm³/mol. The fraction of sp³-hybridized carbons (Fsp3) is 0.263. The van der Waals surface area contributed by atoms with Crippen molar-refractivity contribution < 1.29 is 13.2 Å². The van der Waals surface area contributed by atoms with E-state index in [9.17, 15) is 8.42 Å². The molecule has 0 atom stereocenters. The van der Waals surface area contributed by atoms with Gasteiger partial charge in [0.2, 0.25) is 0 Å². The van der Waals surface area contributed by atoms with Crippen molar-refractivity contribution in [1.29, 1.82) is 0 Å². The summed E-state index contributed by atoms with van der Waals surface area (Å²) in [5, 5.41) is 0.888. The summed E-state index contributed by atoms with van der Waals surface area (Å²) < 4.78 is 31.7. The molecule has 0 N–H and O–H groups in total. The molecule has 3 aromatic rings. The van der Waals surface area contributed by atoms with Crippen LogP contribution in [0, 0.1) is 0 Å². The third-order valence-corrected chi connectivity index (χ3v) is 4.85. The largest absolute Gasteiger partial charge is 0.497 e. The Kier molecular flexibility index (Phi) is 7.52. The summed E-state index contributed by atoms with van der Waals surface area (Å²) in [5.74, 6) is 0.516. The van der Waals surface area contributed by atoms with Gasteiger partial charge < -0.3 is 4.74 Å². The Bertz CT molecular complexity index is 867. The summed E-state index contributed by atoms with van der Waals surface area (Å²) in [6.45, 7) is 8.00. The van der Waals surface area contributed by atoms with Crippen molar-refractivity contribution in [3.05, 3.63) is 60.8 Å². The van der Waals surface area contributed by atoms with Crippen molar-refractivity contribution in [2.24, 2.45) is 0 Å². The predicted octanol–water partition coefficient (Wildman–Crippen LogP) is 4.94. The average Bonchev–Trinajstić information content (AvgIpc) is 3.10. The molecule has 0 saturated heterocycles. The van der Waals surface area contributed by atoms with E-state index < -0.39 is 10.0 Å². The molecule has 2 aromatic carbocycles. The lowest BCUT2D eigenvalue weighted by atomic mass is 10.3. The van der Waals surface area contributed by atoms with Gasteiger partial charge in [0.05, 0.1) is 17.5 Å². The molecular weight excluding hydrogens is 322 g/mol. The lowest BCUT2D eigenvalue weighted by molar-refractivity contribution is 0.413. The molecule has 0 spiro atoms. The molecule has 0 amide bonds. The Morgan fingerprint density at radius 2 is 1.54 bits per heavy atom. The van der Waals surface area contributed by atoms with Crippen molar-refractivity contribution in [2.75, 3.05) is 7.11 Å². The van der Waals surface area contributed by atoms with Gasteiger partial charge in [-0.1, -0.05) is 52.0 Å². The zero-order valence-corrected chi connectivity index (χ0v) is 15.7. The van der Waals surface area contributed by atoms with E-state index in [0.717, 1.165) is 5.39 Å². The quantitative estimate of drug-likeness (QED) is 0.674. The van der Waals surface area contributed by atoms with Gasteiger partial charge in [-0.25, -0.2) is 12.4 Å². The minimum Gasteiger partial charge on any atom is -0.497 e. The molecule has 130 valence electrons. The normalized spacial score (nSPS) is 10.2. The minimum absolute atomic E-state index is 0.207. The molecule has 0 aliphatic heterocycles. The van der Waals surface area contributed by atoms with Gasteiger partial charge in [-0.3, -0.25) is 0 Å². The summed E-state index contributed by atoms with van der Waals surface area (Å²) in [7, 11) is -2.11. The van der Waals surface area contributed by atoms with Crippen LogP contribution in [0.15, 0.2) is 65.7 Å². The summed E-state index contributed by atoms with van der Waals surface area (Å²) in [5.41, 5.74) is 0.662. The zero-order valence-electron chi connectivity index (χ0n) is 14.9. The number of hydrogen-bond donors (Lipinski definition) is 0. The molecule has 0 radical (unpaired) electrons. The fourth-order valence-electron chi connectivity index (χ4n) is 2.14. The Morgan fingerprint density at radius 3 is 2.21 bits per heavy atom. The van der Waals surface area contributed by atoms with Crippen molar-refractivity contribution >= 4 is 20.9 Å². The van der Waals surface area contributed by atoms with Crippen LogP contribution < -0.4 is 4.74 Å². The Labute approximate surface area is 144 Å². The molecular formula is C19H25NO3S. The number of methoxy groups -OCH3 is 1. The summed E-state index contributed by atoms with van der Waals surface area (Å²) in [6.07, 6.45) is 1.57. The van der Waals surface area contributed by atoms with E-state index in [-0.39, 0.29) is 4.90 Å². The highest BCUT2D eigenvalue weighted by Gasteiger charge is 2.19. The standard InChI is InChI=1S/C15H13NO3S.2C2H6/c1-19-13-6-4-7-14(11-13)20(17,18)16-10-9-12-5-2-3-8-15(12)16;2*1-2/h2-11H,1H3;2*1-2H3. The van der Waals surface area contributed by atoms with Gasteiger partial charge in [-0.2, -0.15) is 0 Å². The first kappa shape index (κ1) is 19.8. The maximum Gasteiger partial charge on any atom is 0.268 e. The van der Waals surface area contributed by atoms with Gasteiger partial charge in [0.1, 0.15) is 5.75 Å². The van der Waals surface area contributed by atoms with E-state index >= 15 is 0 Å². The minimum atomic E-state index is -3.62. The molecule has 1 heterocycles. The van der Waals surface area contributed by atoms with Gasteiger partial charge in [-0.05, 0) is 24.3 Å². The van der Waals surface area contributed by atoms with E-state index in [1.807, 2.05) is 45.9 Å². The first-order chi connectivity index (χ1) is 11.6. The number of rotatable bonds is 3. The maximum atomic E-state index is 12.7. The van der Waals surface area contributed by atoms with Crippen molar-refractivity contribution in [3.8, 4) is 5.75 Å². The van der Waals surface area contributed by atoms with Crippen LogP contribution in [0.1, 0.15) is 27.7 Å². The Hall–Kier alpha value is -2.27. The second-order valence-corrected chi connectivity index (χ2v) is 6.17. The third-order valence-electron chi connectivity index (χ3n) is 3.16. The Balaban J connectivity index is 0.000000671. The number of nitrogens with zero attached hydrogens (tertiary/aromatic N) is 1. The van der Waals surface area contributed by atoms with Crippen molar-refractivity contribution in [2.45, 2.75) is 32.6 Å². The second-order valence-electron chi connectivity index (χ2n) is 4.35. The molecule has 3 rings (SSSR count). The SMILES string of the molecule is CC.CC.COc1cccc(S(=O)(=O)n2ccc3ccccc32)c1. The fourth-order valence-corrected chi connectivity index (χ4v) is 3.53. The zero-order chi connectivity index (χ0) is 18.2. The maximum absolute atomic E-state index is 12.7. The number of ether oxygens (including phenoxy) is 1. The monoisotopic (exact) mass is 347 g/mol. The number of aromatic nitrogens is 1. The Morgan fingerprint density at radius 1 is 0.875 bits per heavy atom. The van der Waals surface area contributed by atoms with Crippen LogP contribution in [-0.2, 0) is 10.0 Å². The number of hydrogen-bond acceptors (Lipinski definition) is 3. The highest BCUT2D eigenvalue weighted by atomic mass is 32.2. The molecule has 0 saturated carbocycles. The van der Waals surface area contributed by atoms with E-state index in [1.165, 1.54) is 17.1 Å². The molecule has 4 nitrogen and oxygen atoms in total. The number of para-hydroxylation sites is 1. The highest BCUT2D eigenvalue weighted by molar-refractivity contribution is 7.90. The molecule has 5 heteroatoms. The summed E-state index contributed by atoms with van der Waals surface area (Å²) in [4.78, 5) is 0.207. The van der Waals surface area contributed by atoms with Crippen LogP contribution in [0.4, 0.5) is 0 Å². The van der Waals surface area contributed by atoms with E-state index in [2.05, 4.69) is 0 Å². The van der Waals surface area contributed by atoms with E-state index in [4.69, 9.17) is 4.74 Å². The first-order valence-corrected chi connectivity index (χ1v) is 9.52. The molecule has 0 aliphatic rings. The first-order valence-electron chi connectivity index (χ1n) is 8.08. The van der Waals surface area contributed by atoms with Crippen LogP contribution in [0.2, 0.25) is 0 Å². The van der Waals surface area contributed by atoms with Crippen LogP contribution in [0.25, 0.3) is 10.9 Å². The molecule has 1 aromatic heterocycles. The lowest BCUT2D eigenvalue weighted by Gasteiger charge is -2.08. The molecule has 0 fully saturated rings. The summed E-state index contributed by atoms with van der Waals surface area (Å²) >= 11 is 0. The highest BCUT2D eigenvalue weighted by Crippen LogP contribution is 2.24. The van der Waals surface area contributed by atoms with Gasteiger partial charge in [0.15, 0.2) is 0 Å². The van der Waals surface area contributed by atoms with Crippen LogP contribution in [-0.4, -0.2) is 19.5 Å². The van der Waals surface area contributed by atoms with Crippen molar-refractivity contribution in [1.82, 2.24) is 3.97 Å². The van der Waals surface area contributed by atoms with Gasteiger partial charge in [-0.15, -0.1) is 0 Å². The molecule has 0 bridgehead atoms. The third kappa shape index (κ3) is 3.97. The van der Waals surface area contributed by atoms with Crippen LogP contribution in [0.5, 0.6) is 5.75 Å². The molecule has 0 aliphatic carbocycles. The lowest BCUT2D eigenvalue weighted by Crippen LogP contribution is -2.11.